The van der Waals surface area contributed by atoms with Gasteiger partial charge in [0.05, 0.1) is 16.4 Å². The number of hydrogen-bond donors (Lipinski definition) is 2. The van der Waals surface area contributed by atoms with Crippen molar-refractivity contribution in [1.82, 2.24) is 10.3 Å². The fourth-order valence-corrected chi connectivity index (χ4v) is 3.00. The number of hydrogen-bond acceptors (Lipinski definition) is 4. The van der Waals surface area contributed by atoms with Crippen molar-refractivity contribution in [2.24, 2.45) is 0 Å². The minimum absolute atomic E-state index is 0.235. The third-order valence-corrected chi connectivity index (χ3v) is 3.71. The molecule has 0 aromatic carbocycles. The molecule has 1 fully saturated rings. The van der Waals surface area contributed by atoms with Crippen molar-refractivity contribution in [2.75, 3.05) is 13.1 Å². The van der Waals surface area contributed by atoms with Crippen LogP contribution in [-0.4, -0.2) is 34.5 Å². The quantitative estimate of drug-likeness (QED) is 0.790. The second kappa shape index (κ2) is 4.51. The van der Waals surface area contributed by atoms with Crippen molar-refractivity contribution in [3.63, 3.8) is 0 Å². The Morgan fingerprint density at radius 2 is 2.20 bits per heavy atom. The van der Waals surface area contributed by atoms with Crippen molar-refractivity contribution in [1.29, 1.82) is 0 Å². The molecule has 3 nitrogen and oxygen atoms in total. The van der Waals surface area contributed by atoms with Gasteiger partial charge in [-0.25, -0.2) is 4.98 Å². The van der Waals surface area contributed by atoms with E-state index in [2.05, 4.69) is 29.4 Å². The van der Waals surface area contributed by atoms with Gasteiger partial charge in [0.15, 0.2) is 0 Å². The Kier molecular flexibility index (Phi) is 3.29. The van der Waals surface area contributed by atoms with Crippen molar-refractivity contribution >= 4 is 11.8 Å². The average molecular weight is 224 g/mol. The zero-order valence-corrected chi connectivity index (χ0v) is 9.84. The summed E-state index contributed by atoms with van der Waals surface area (Å²) >= 11 is 1.66. The first kappa shape index (κ1) is 10.9. The Morgan fingerprint density at radius 3 is 2.80 bits per heavy atom. The lowest BCUT2D eigenvalue weighted by Crippen LogP contribution is -2.20. The number of aryl methyl sites for hydroxylation is 2. The average Bonchev–Trinajstić information content (AvgIpc) is 2.50. The second-order valence-corrected chi connectivity index (χ2v) is 5.27. The lowest BCUT2D eigenvalue weighted by molar-refractivity contribution is 0.201. The molecule has 0 aliphatic carbocycles. The van der Waals surface area contributed by atoms with Crippen molar-refractivity contribution in [3.8, 4) is 0 Å². The van der Waals surface area contributed by atoms with Gasteiger partial charge >= 0.3 is 0 Å². The highest BCUT2D eigenvalue weighted by Gasteiger charge is 2.26. The molecular weight excluding hydrogens is 208 g/mol. The molecule has 1 aromatic rings. The summed E-state index contributed by atoms with van der Waals surface area (Å²) in [4.78, 5) is 4.46. The number of aromatic nitrogens is 1. The molecule has 2 heterocycles. The molecule has 1 aliphatic rings. The second-order valence-electron chi connectivity index (χ2n) is 4.01. The number of nitrogens with one attached hydrogen (secondary N) is 1. The van der Waals surface area contributed by atoms with E-state index in [1.165, 1.54) is 5.56 Å². The number of aliphatic hydroxyl groups excluding tert-OH is 1. The van der Waals surface area contributed by atoms with Crippen molar-refractivity contribution in [3.05, 3.63) is 23.4 Å². The van der Waals surface area contributed by atoms with Gasteiger partial charge in [-0.3, -0.25) is 0 Å². The van der Waals surface area contributed by atoms with Gasteiger partial charge in [-0.15, -0.1) is 0 Å². The molecule has 4 heteroatoms. The molecule has 1 aliphatic heterocycles. The molecule has 0 bridgehead atoms. The third-order valence-electron chi connectivity index (χ3n) is 2.47. The Hall–Kier alpha value is -0.580. The van der Waals surface area contributed by atoms with Crippen molar-refractivity contribution < 1.29 is 5.11 Å². The SMILES string of the molecule is Cc1cc(C)nc(SC2CNCC2O)c1. The molecule has 15 heavy (non-hydrogen) atoms. The van der Waals surface area contributed by atoms with Crippen LogP contribution in [0.2, 0.25) is 0 Å². The van der Waals surface area contributed by atoms with Gasteiger partial charge in [0.1, 0.15) is 0 Å². The first-order chi connectivity index (χ1) is 7.15. The molecule has 2 unspecified atom stereocenters. The summed E-state index contributed by atoms with van der Waals surface area (Å²) in [5.74, 6) is 0. The highest BCUT2D eigenvalue weighted by Crippen LogP contribution is 2.26. The fraction of sp³-hybridized carbons (Fsp3) is 0.545. The van der Waals surface area contributed by atoms with E-state index in [4.69, 9.17) is 0 Å². The molecule has 0 amide bonds. The summed E-state index contributed by atoms with van der Waals surface area (Å²) < 4.78 is 0. The van der Waals surface area contributed by atoms with E-state index >= 15 is 0 Å². The monoisotopic (exact) mass is 224 g/mol. The van der Waals surface area contributed by atoms with Crippen molar-refractivity contribution in [2.45, 2.75) is 30.2 Å². The summed E-state index contributed by atoms with van der Waals surface area (Å²) in [5, 5.41) is 14.1. The molecule has 82 valence electrons. The summed E-state index contributed by atoms with van der Waals surface area (Å²) in [7, 11) is 0. The Bertz CT molecular complexity index is 336. The molecule has 0 saturated carbocycles. The van der Waals surface area contributed by atoms with Gasteiger partial charge in [-0.05, 0) is 31.5 Å². The molecule has 0 spiro atoms. The van der Waals surface area contributed by atoms with Crippen LogP contribution in [0, 0.1) is 13.8 Å². The zero-order valence-electron chi connectivity index (χ0n) is 9.03. The smallest absolute Gasteiger partial charge is 0.0969 e. The molecule has 0 radical (unpaired) electrons. The Balaban J connectivity index is 2.10. The minimum Gasteiger partial charge on any atom is -0.391 e. The lowest BCUT2D eigenvalue weighted by atomic mass is 10.3. The third kappa shape index (κ3) is 2.71. The molecule has 2 rings (SSSR count). The van der Waals surface area contributed by atoms with E-state index < -0.39 is 0 Å². The number of aliphatic hydroxyl groups is 1. The molecule has 1 saturated heterocycles. The maximum Gasteiger partial charge on any atom is 0.0969 e. The van der Waals surface area contributed by atoms with E-state index in [1.54, 1.807) is 11.8 Å². The fourth-order valence-electron chi connectivity index (χ4n) is 1.78. The first-order valence-electron chi connectivity index (χ1n) is 5.16. The molecule has 2 N–H and O–H groups in total. The largest absolute Gasteiger partial charge is 0.391 e. The van der Waals surface area contributed by atoms with E-state index in [-0.39, 0.29) is 11.4 Å². The van der Waals surface area contributed by atoms with Gasteiger partial charge in [0.2, 0.25) is 0 Å². The predicted molar refractivity (Wildman–Crippen MR) is 62.2 cm³/mol. The van der Waals surface area contributed by atoms with Crippen LogP contribution in [0.5, 0.6) is 0 Å². The number of pyridine rings is 1. The zero-order chi connectivity index (χ0) is 10.8. The topological polar surface area (TPSA) is 45.2 Å². The predicted octanol–water partition coefficient (Wildman–Crippen LogP) is 1.12. The Morgan fingerprint density at radius 1 is 1.40 bits per heavy atom. The maximum absolute atomic E-state index is 9.68. The number of rotatable bonds is 2. The van der Waals surface area contributed by atoms with Gasteiger partial charge < -0.3 is 10.4 Å². The summed E-state index contributed by atoms with van der Waals surface area (Å²) in [6.45, 7) is 5.63. The van der Waals surface area contributed by atoms with Crippen LogP contribution in [0.25, 0.3) is 0 Å². The highest BCUT2D eigenvalue weighted by molar-refractivity contribution is 8.00. The van der Waals surface area contributed by atoms with Crippen LogP contribution in [0.15, 0.2) is 17.2 Å². The van der Waals surface area contributed by atoms with Gasteiger partial charge in [-0.1, -0.05) is 11.8 Å². The van der Waals surface area contributed by atoms with E-state index in [9.17, 15) is 5.11 Å². The molecule has 1 aromatic heterocycles. The van der Waals surface area contributed by atoms with E-state index in [1.807, 2.05) is 6.92 Å². The normalized spacial score (nSPS) is 25.8. The van der Waals surface area contributed by atoms with Gasteiger partial charge in [0, 0.05) is 18.8 Å². The highest BCUT2D eigenvalue weighted by atomic mass is 32.2. The van der Waals surface area contributed by atoms with E-state index in [0.717, 1.165) is 17.3 Å². The first-order valence-corrected chi connectivity index (χ1v) is 6.04. The van der Waals surface area contributed by atoms with Crippen LogP contribution in [-0.2, 0) is 0 Å². The van der Waals surface area contributed by atoms with Crippen LogP contribution in [0.1, 0.15) is 11.3 Å². The minimum atomic E-state index is -0.252. The van der Waals surface area contributed by atoms with Crippen LogP contribution >= 0.6 is 11.8 Å². The number of nitrogens with zero attached hydrogens (tertiary/aromatic N) is 1. The summed E-state index contributed by atoms with van der Waals surface area (Å²) in [6, 6.07) is 4.14. The maximum atomic E-state index is 9.68. The van der Waals surface area contributed by atoms with E-state index in [0.29, 0.717) is 6.54 Å². The summed E-state index contributed by atoms with van der Waals surface area (Å²) in [5.41, 5.74) is 2.27. The molecule has 2 atom stereocenters. The Labute approximate surface area is 94.3 Å². The number of β-amino-alcohol motifs (C(OH)–C–C–N with tert-alkyl or cyclic N) is 1. The lowest BCUT2D eigenvalue weighted by Gasteiger charge is -2.12. The van der Waals surface area contributed by atoms with Crippen LogP contribution < -0.4 is 5.32 Å². The van der Waals surface area contributed by atoms with Crippen LogP contribution in [0.3, 0.4) is 0 Å². The molecular formula is C11H16N2OS. The van der Waals surface area contributed by atoms with Crippen LogP contribution in [0.4, 0.5) is 0 Å². The standard InChI is InChI=1S/C11H16N2OS/c1-7-3-8(2)13-11(4-7)15-10-6-12-5-9(10)14/h3-4,9-10,12,14H,5-6H2,1-2H3. The number of thioether (sulfide) groups is 1. The summed E-state index contributed by atoms with van der Waals surface area (Å²) in [6.07, 6.45) is -0.252. The van der Waals surface area contributed by atoms with Gasteiger partial charge in [-0.2, -0.15) is 0 Å². The van der Waals surface area contributed by atoms with Gasteiger partial charge in [0.25, 0.3) is 0 Å².